The van der Waals surface area contributed by atoms with Gasteiger partial charge in [0.2, 0.25) is 0 Å². The Hall–Kier alpha value is -1.13. The molecule has 0 saturated carbocycles. The minimum Gasteiger partial charge on any atom is -0.465 e. The smallest absolute Gasteiger partial charge is 0.146 e. The Labute approximate surface area is 109 Å². The molecule has 4 heteroatoms. The molecular weight excluding hydrogens is 282 g/mol. The zero-order valence-corrected chi connectivity index (χ0v) is 11.1. The number of pyridine rings is 1. The predicted octanol–water partition coefficient (Wildman–Crippen LogP) is 3.28. The van der Waals surface area contributed by atoms with Crippen molar-refractivity contribution in [3.8, 4) is 0 Å². The van der Waals surface area contributed by atoms with Gasteiger partial charge < -0.3 is 9.52 Å². The van der Waals surface area contributed by atoms with Crippen molar-refractivity contribution in [2.75, 3.05) is 0 Å². The number of nitrogens with zero attached hydrogens (tertiary/aromatic N) is 1. The number of aliphatic hydroxyl groups excluding tert-OH is 1. The maximum atomic E-state index is 10.0. The van der Waals surface area contributed by atoms with Gasteiger partial charge in [0.15, 0.2) is 0 Å². The molecule has 1 N–H and O–H groups in total. The summed E-state index contributed by atoms with van der Waals surface area (Å²) >= 11 is 3.33. The van der Waals surface area contributed by atoms with E-state index in [2.05, 4.69) is 27.8 Å². The van der Waals surface area contributed by atoms with Gasteiger partial charge in [-0.3, -0.25) is 4.98 Å². The molecule has 1 atom stereocenters. The van der Waals surface area contributed by atoms with Crippen molar-refractivity contribution in [3.05, 3.63) is 52.1 Å². The van der Waals surface area contributed by atoms with Gasteiger partial charge in [0.1, 0.15) is 11.9 Å². The molecule has 0 aromatic carbocycles. The molecule has 0 aliphatic heterocycles. The lowest BCUT2D eigenvalue weighted by atomic mass is 10.1. The lowest BCUT2D eigenvalue weighted by Crippen LogP contribution is -2.03. The Morgan fingerprint density at radius 3 is 2.76 bits per heavy atom. The number of aryl methyl sites for hydroxylation is 1. The van der Waals surface area contributed by atoms with Gasteiger partial charge in [-0.05, 0) is 40.0 Å². The predicted molar refractivity (Wildman–Crippen MR) is 68.7 cm³/mol. The lowest BCUT2D eigenvalue weighted by molar-refractivity contribution is 0.148. The van der Waals surface area contributed by atoms with Gasteiger partial charge in [0.05, 0.1) is 10.7 Å². The summed E-state index contributed by atoms with van der Waals surface area (Å²) in [4.78, 5) is 4.31. The first-order chi connectivity index (χ1) is 8.20. The lowest BCUT2D eigenvalue weighted by Gasteiger charge is -2.08. The minimum atomic E-state index is -0.667. The maximum Gasteiger partial charge on any atom is 0.146 e. The SMILES string of the molecule is CCc1ccc(CC(O)c2occc2Br)nc1. The summed E-state index contributed by atoms with van der Waals surface area (Å²) < 4.78 is 6.01. The third kappa shape index (κ3) is 2.96. The van der Waals surface area contributed by atoms with Crippen LogP contribution in [0.3, 0.4) is 0 Å². The second kappa shape index (κ2) is 5.47. The van der Waals surface area contributed by atoms with Crippen molar-refractivity contribution >= 4 is 15.9 Å². The Morgan fingerprint density at radius 2 is 2.24 bits per heavy atom. The summed E-state index contributed by atoms with van der Waals surface area (Å²) in [6.07, 6.45) is 4.16. The molecule has 0 fully saturated rings. The molecule has 2 aromatic heterocycles. The molecule has 3 nitrogen and oxygen atoms in total. The van der Waals surface area contributed by atoms with Crippen LogP contribution in [0.15, 0.2) is 39.5 Å². The largest absolute Gasteiger partial charge is 0.465 e. The number of hydrogen-bond donors (Lipinski definition) is 1. The van der Waals surface area contributed by atoms with E-state index < -0.39 is 6.10 Å². The van der Waals surface area contributed by atoms with Crippen molar-refractivity contribution in [1.82, 2.24) is 4.98 Å². The van der Waals surface area contributed by atoms with E-state index in [0.717, 1.165) is 16.6 Å². The van der Waals surface area contributed by atoms with Crippen LogP contribution in [0, 0.1) is 0 Å². The Kier molecular flexibility index (Phi) is 3.97. The zero-order valence-electron chi connectivity index (χ0n) is 9.56. The van der Waals surface area contributed by atoms with Crippen LogP contribution in [0.2, 0.25) is 0 Å². The van der Waals surface area contributed by atoms with E-state index in [-0.39, 0.29) is 0 Å². The highest BCUT2D eigenvalue weighted by atomic mass is 79.9. The van der Waals surface area contributed by atoms with Gasteiger partial charge in [-0.15, -0.1) is 0 Å². The van der Waals surface area contributed by atoms with Gasteiger partial charge in [0, 0.05) is 18.3 Å². The fraction of sp³-hybridized carbons (Fsp3) is 0.308. The van der Waals surface area contributed by atoms with Crippen LogP contribution in [0.5, 0.6) is 0 Å². The van der Waals surface area contributed by atoms with Crippen molar-refractivity contribution in [3.63, 3.8) is 0 Å². The number of halogens is 1. The fourth-order valence-corrected chi connectivity index (χ4v) is 2.08. The van der Waals surface area contributed by atoms with Crippen LogP contribution in [0.25, 0.3) is 0 Å². The van der Waals surface area contributed by atoms with E-state index in [1.807, 2.05) is 18.3 Å². The van der Waals surface area contributed by atoms with Crippen molar-refractivity contribution in [1.29, 1.82) is 0 Å². The van der Waals surface area contributed by atoms with Crippen LogP contribution < -0.4 is 0 Å². The van der Waals surface area contributed by atoms with Crippen LogP contribution in [0.1, 0.15) is 30.0 Å². The van der Waals surface area contributed by atoms with Crippen LogP contribution in [-0.4, -0.2) is 10.1 Å². The number of rotatable bonds is 4. The molecule has 2 heterocycles. The van der Waals surface area contributed by atoms with E-state index in [4.69, 9.17) is 4.42 Å². The van der Waals surface area contributed by atoms with Crippen molar-refractivity contribution in [2.45, 2.75) is 25.9 Å². The molecule has 0 aliphatic carbocycles. The van der Waals surface area contributed by atoms with Crippen molar-refractivity contribution < 1.29 is 9.52 Å². The first kappa shape index (κ1) is 12.3. The highest BCUT2D eigenvalue weighted by Gasteiger charge is 2.15. The average molecular weight is 296 g/mol. The molecule has 0 aliphatic rings. The van der Waals surface area contributed by atoms with Crippen molar-refractivity contribution in [2.24, 2.45) is 0 Å². The van der Waals surface area contributed by atoms with E-state index in [1.54, 1.807) is 12.3 Å². The Balaban J connectivity index is 2.07. The molecule has 0 bridgehead atoms. The van der Waals surface area contributed by atoms with Crippen LogP contribution >= 0.6 is 15.9 Å². The van der Waals surface area contributed by atoms with Gasteiger partial charge in [-0.25, -0.2) is 0 Å². The number of hydrogen-bond acceptors (Lipinski definition) is 3. The quantitative estimate of drug-likeness (QED) is 0.942. The summed E-state index contributed by atoms with van der Waals surface area (Å²) in [6.45, 7) is 2.09. The molecular formula is C13H14BrNO2. The molecule has 0 spiro atoms. The molecule has 2 aromatic rings. The maximum absolute atomic E-state index is 10.0. The highest BCUT2D eigenvalue weighted by molar-refractivity contribution is 9.10. The van der Waals surface area contributed by atoms with E-state index >= 15 is 0 Å². The topological polar surface area (TPSA) is 46.3 Å². The average Bonchev–Trinajstić information content (AvgIpc) is 2.76. The molecule has 17 heavy (non-hydrogen) atoms. The first-order valence-electron chi connectivity index (χ1n) is 5.55. The number of aliphatic hydroxyl groups is 1. The van der Waals surface area contributed by atoms with E-state index in [1.165, 1.54) is 5.56 Å². The zero-order chi connectivity index (χ0) is 12.3. The van der Waals surface area contributed by atoms with Gasteiger partial charge in [0.25, 0.3) is 0 Å². The monoisotopic (exact) mass is 295 g/mol. The first-order valence-corrected chi connectivity index (χ1v) is 6.34. The Bertz CT molecular complexity index is 478. The van der Waals surface area contributed by atoms with Gasteiger partial charge in [-0.1, -0.05) is 13.0 Å². The number of aromatic nitrogens is 1. The second-order valence-electron chi connectivity index (χ2n) is 3.86. The van der Waals surface area contributed by atoms with Crippen LogP contribution in [-0.2, 0) is 12.8 Å². The summed E-state index contributed by atoms with van der Waals surface area (Å²) in [5, 5.41) is 10.0. The second-order valence-corrected chi connectivity index (χ2v) is 4.72. The van der Waals surface area contributed by atoms with Gasteiger partial charge >= 0.3 is 0 Å². The summed E-state index contributed by atoms with van der Waals surface area (Å²) in [6, 6.07) is 5.75. The van der Waals surface area contributed by atoms with E-state index in [9.17, 15) is 5.11 Å². The Morgan fingerprint density at radius 1 is 1.41 bits per heavy atom. The summed E-state index contributed by atoms with van der Waals surface area (Å²) in [5.74, 6) is 0.548. The molecule has 0 saturated heterocycles. The van der Waals surface area contributed by atoms with Crippen LogP contribution in [0.4, 0.5) is 0 Å². The fourth-order valence-electron chi connectivity index (χ4n) is 1.62. The van der Waals surface area contributed by atoms with Gasteiger partial charge in [-0.2, -0.15) is 0 Å². The molecule has 1 unspecified atom stereocenters. The standard InChI is InChI=1S/C13H14BrNO2/c1-2-9-3-4-10(15-8-9)7-12(16)13-11(14)5-6-17-13/h3-6,8,12,16H,2,7H2,1H3. The molecule has 2 rings (SSSR count). The number of furan rings is 1. The minimum absolute atomic E-state index is 0.454. The summed E-state index contributed by atoms with van der Waals surface area (Å²) in [7, 11) is 0. The molecule has 0 radical (unpaired) electrons. The third-order valence-electron chi connectivity index (χ3n) is 2.64. The molecule has 90 valence electrons. The third-order valence-corrected chi connectivity index (χ3v) is 3.30. The van der Waals surface area contributed by atoms with E-state index in [0.29, 0.717) is 12.2 Å². The normalized spacial score (nSPS) is 12.6. The highest BCUT2D eigenvalue weighted by Crippen LogP contribution is 2.26. The molecule has 0 amide bonds. The summed E-state index contributed by atoms with van der Waals surface area (Å²) in [5.41, 5.74) is 2.06.